The molecule has 0 N–H and O–H groups in total. The van der Waals surface area contributed by atoms with Crippen molar-refractivity contribution in [3.05, 3.63) is 12.3 Å². The summed E-state index contributed by atoms with van der Waals surface area (Å²) in [5, 5.41) is 0. The molecule has 0 atom stereocenters. The van der Waals surface area contributed by atoms with Gasteiger partial charge in [0, 0.05) is 11.6 Å². The maximum Gasteiger partial charge on any atom is 0.408 e. The van der Waals surface area contributed by atoms with E-state index in [-0.39, 0.29) is 0 Å². The van der Waals surface area contributed by atoms with E-state index in [9.17, 15) is 4.79 Å². The smallest absolute Gasteiger partial charge is 0.408 e. The van der Waals surface area contributed by atoms with Gasteiger partial charge in [0.1, 0.15) is 0 Å². The van der Waals surface area contributed by atoms with E-state index in [1.807, 2.05) is 0 Å². The fraction of sp³-hybridized carbons (Fsp3) is 0.250. The Bertz CT molecular complexity index is 87.7. The zero-order valence-corrected chi connectivity index (χ0v) is 4.61. The number of rotatable bonds is 1. The Kier molecular flexibility index (Phi) is 3.42. The molecule has 2 nitrogen and oxygen atoms in total. The summed E-state index contributed by atoms with van der Waals surface area (Å²) in [6, 6.07) is 0. The van der Waals surface area contributed by atoms with E-state index < -0.39 is 5.43 Å². The van der Waals surface area contributed by atoms with Crippen molar-refractivity contribution in [1.82, 2.24) is 0 Å². The lowest BCUT2D eigenvalue weighted by atomic mass is 10.7. The van der Waals surface area contributed by atoms with E-state index in [4.69, 9.17) is 11.6 Å². The van der Waals surface area contributed by atoms with Crippen LogP contribution in [0.5, 0.6) is 0 Å². The first-order valence-electron chi connectivity index (χ1n) is 1.74. The highest BCUT2D eigenvalue weighted by atomic mass is 35.5. The molecule has 0 aliphatic rings. The number of hydrogen-bond acceptors (Lipinski definition) is 2. The molecule has 0 bridgehead atoms. The number of carbonyl (C=O) groups is 1. The van der Waals surface area contributed by atoms with Crippen LogP contribution in [0.1, 0.15) is 6.92 Å². The van der Waals surface area contributed by atoms with E-state index >= 15 is 0 Å². The van der Waals surface area contributed by atoms with Crippen LogP contribution in [0.4, 0.5) is 4.79 Å². The van der Waals surface area contributed by atoms with Crippen LogP contribution in [0.15, 0.2) is 12.3 Å². The average molecular weight is 121 g/mol. The summed E-state index contributed by atoms with van der Waals surface area (Å²) in [4.78, 5) is 9.69. The van der Waals surface area contributed by atoms with Crippen molar-refractivity contribution in [3.63, 3.8) is 0 Å². The third-order valence-electron chi connectivity index (χ3n) is 0.297. The predicted molar refractivity (Wildman–Crippen MR) is 27.1 cm³/mol. The van der Waals surface area contributed by atoms with Crippen LogP contribution < -0.4 is 0 Å². The molecule has 0 aliphatic heterocycles. The van der Waals surface area contributed by atoms with Gasteiger partial charge in [0.05, 0.1) is 6.26 Å². The molecule has 0 aliphatic carbocycles. The summed E-state index contributed by atoms with van der Waals surface area (Å²) in [5.41, 5.74) is -0.807. The first-order valence-corrected chi connectivity index (χ1v) is 2.12. The average Bonchev–Trinajstić information content (AvgIpc) is 1.61. The lowest BCUT2D eigenvalue weighted by Crippen LogP contribution is -1.80. The molecule has 40 valence electrons. The summed E-state index contributed by atoms with van der Waals surface area (Å²) >= 11 is 4.74. The van der Waals surface area contributed by atoms with Gasteiger partial charge in [0.15, 0.2) is 0 Å². The maximum atomic E-state index is 9.69. The molecule has 0 saturated carbocycles. The van der Waals surface area contributed by atoms with Crippen molar-refractivity contribution < 1.29 is 9.53 Å². The molecule has 0 amide bonds. The molecule has 0 heterocycles. The minimum Gasteiger partial charge on any atom is -0.423 e. The zero-order valence-electron chi connectivity index (χ0n) is 3.85. The van der Waals surface area contributed by atoms with Gasteiger partial charge in [-0.1, -0.05) is 6.08 Å². The Hall–Kier alpha value is -0.500. The van der Waals surface area contributed by atoms with Crippen molar-refractivity contribution >= 4 is 17.0 Å². The minimum atomic E-state index is -0.807. The van der Waals surface area contributed by atoms with Crippen molar-refractivity contribution in [2.75, 3.05) is 0 Å². The predicted octanol–water partition coefficient (Wildman–Crippen LogP) is 1.90. The van der Waals surface area contributed by atoms with E-state index in [0.29, 0.717) is 0 Å². The first kappa shape index (κ1) is 6.50. The molecule has 0 spiro atoms. The Balaban J connectivity index is 3.14. The molecule has 0 aromatic rings. The topological polar surface area (TPSA) is 26.3 Å². The number of hydrogen-bond donors (Lipinski definition) is 0. The van der Waals surface area contributed by atoms with Gasteiger partial charge in [0.2, 0.25) is 0 Å². The van der Waals surface area contributed by atoms with Crippen molar-refractivity contribution in [2.24, 2.45) is 0 Å². The van der Waals surface area contributed by atoms with Crippen LogP contribution in [0.3, 0.4) is 0 Å². The van der Waals surface area contributed by atoms with E-state index in [1.165, 1.54) is 6.26 Å². The number of ether oxygens (including phenoxy) is 1. The highest BCUT2D eigenvalue weighted by molar-refractivity contribution is 6.61. The summed E-state index contributed by atoms with van der Waals surface area (Å²) in [7, 11) is 0. The highest BCUT2D eigenvalue weighted by Crippen LogP contribution is 1.85. The van der Waals surface area contributed by atoms with Gasteiger partial charge in [-0.15, -0.1) is 0 Å². The zero-order chi connectivity index (χ0) is 5.70. The largest absolute Gasteiger partial charge is 0.423 e. The molecule has 0 aromatic heterocycles. The van der Waals surface area contributed by atoms with Gasteiger partial charge in [-0.25, -0.2) is 4.79 Å². The van der Waals surface area contributed by atoms with Crippen LogP contribution in [0.2, 0.25) is 0 Å². The number of carbonyl (C=O) groups excluding carboxylic acids is 1. The quantitative estimate of drug-likeness (QED) is 0.390. The molecular weight excluding hydrogens is 115 g/mol. The van der Waals surface area contributed by atoms with Crippen molar-refractivity contribution in [2.45, 2.75) is 6.92 Å². The summed E-state index contributed by atoms with van der Waals surface area (Å²) in [6.45, 7) is 1.72. The standard InChI is InChI=1S/C4H5ClO2/c1-2-3-7-4(5)6/h2-3H,1H3/b3-2+. The molecule has 7 heavy (non-hydrogen) atoms. The van der Waals surface area contributed by atoms with Crippen LogP contribution in [-0.4, -0.2) is 5.43 Å². The van der Waals surface area contributed by atoms with Gasteiger partial charge < -0.3 is 4.74 Å². The highest BCUT2D eigenvalue weighted by Gasteiger charge is 1.84. The van der Waals surface area contributed by atoms with Gasteiger partial charge in [-0.05, 0) is 6.92 Å². The van der Waals surface area contributed by atoms with Crippen LogP contribution in [0, 0.1) is 0 Å². The monoisotopic (exact) mass is 120 g/mol. The van der Waals surface area contributed by atoms with Gasteiger partial charge in [-0.3, -0.25) is 0 Å². The van der Waals surface area contributed by atoms with Crippen LogP contribution in [0.25, 0.3) is 0 Å². The maximum absolute atomic E-state index is 9.69. The SMILES string of the molecule is C/C=C/OC(=O)Cl. The molecule has 3 heteroatoms. The second-order valence-corrected chi connectivity index (χ2v) is 1.13. The Morgan fingerprint density at radius 3 is 2.57 bits per heavy atom. The van der Waals surface area contributed by atoms with E-state index in [1.54, 1.807) is 13.0 Å². The molecule has 0 unspecified atom stereocenters. The second kappa shape index (κ2) is 3.68. The molecule has 0 aromatic carbocycles. The molecule has 0 fully saturated rings. The summed E-state index contributed by atoms with van der Waals surface area (Å²) in [6.07, 6.45) is 2.79. The first-order chi connectivity index (χ1) is 3.27. The Morgan fingerprint density at radius 1 is 1.86 bits per heavy atom. The van der Waals surface area contributed by atoms with Gasteiger partial charge in [-0.2, -0.15) is 0 Å². The van der Waals surface area contributed by atoms with E-state index in [0.717, 1.165) is 0 Å². The number of allylic oxidation sites excluding steroid dienone is 1. The third kappa shape index (κ3) is 5.50. The summed E-state index contributed by atoms with van der Waals surface area (Å²) < 4.78 is 4.14. The normalized spacial score (nSPS) is 9.43. The van der Waals surface area contributed by atoms with E-state index in [2.05, 4.69) is 4.74 Å². The van der Waals surface area contributed by atoms with Gasteiger partial charge >= 0.3 is 5.43 Å². The van der Waals surface area contributed by atoms with Crippen LogP contribution in [-0.2, 0) is 4.74 Å². The fourth-order valence-electron chi connectivity index (χ4n) is 0.122. The van der Waals surface area contributed by atoms with Crippen molar-refractivity contribution in [1.29, 1.82) is 0 Å². The molecule has 0 rings (SSSR count). The lowest BCUT2D eigenvalue weighted by Gasteiger charge is -1.82. The Morgan fingerprint density at radius 2 is 2.43 bits per heavy atom. The lowest BCUT2D eigenvalue weighted by molar-refractivity contribution is 0.212. The second-order valence-electron chi connectivity index (χ2n) is 0.825. The molecule has 0 radical (unpaired) electrons. The Labute approximate surface area is 46.7 Å². The third-order valence-corrected chi connectivity index (χ3v) is 0.386. The number of halogens is 1. The van der Waals surface area contributed by atoms with Crippen LogP contribution >= 0.6 is 11.6 Å². The summed E-state index contributed by atoms with van der Waals surface area (Å²) in [5.74, 6) is 0. The fourth-order valence-corrected chi connectivity index (χ4v) is 0.173. The molecule has 0 saturated heterocycles. The van der Waals surface area contributed by atoms with Gasteiger partial charge in [0.25, 0.3) is 0 Å². The van der Waals surface area contributed by atoms with Crippen molar-refractivity contribution in [3.8, 4) is 0 Å². The minimum absolute atomic E-state index is 0.807. The molecular formula is C4H5ClO2.